The molecule has 4 atom stereocenters. The SMILES string of the molecule is CC(=O)N[C@H]1CSSC(C)(C)[C@@H](C(N)=O)NC(=O)[C@@H](CC(=O)O)NC(=O)CNC(=O)[C@H](CCCN=C(N)N)N(C)C1=O. The Bertz CT molecular complexity index is 1080. The highest BCUT2D eigenvalue weighted by molar-refractivity contribution is 8.77. The summed E-state index contributed by atoms with van der Waals surface area (Å²) >= 11 is 0. The second-order valence-corrected chi connectivity index (χ2v) is 12.9. The van der Waals surface area contributed by atoms with Gasteiger partial charge < -0.3 is 48.5 Å². The van der Waals surface area contributed by atoms with Crippen LogP contribution in [0.1, 0.15) is 40.0 Å². The topological polar surface area (TPSA) is 282 Å². The monoisotopic (exact) mass is 633 g/mol. The minimum Gasteiger partial charge on any atom is -0.481 e. The lowest BCUT2D eigenvalue weighted by atomic mass is 10.0. The van der Waals surface area contributed by atoms with Gasteiger partial charge in [-0.15, -0.1) is 0 Å². The van der Waals surface area contributed by atoms with Crippen molar-refractivity contribution in [2.24, 2.45) is 22.2 Å². The summed E-state index contributed by atoms with van der Waals surface area (Å²) in [5.74, 6) is -6.21. The van der Waals surface area contributed by atoms with Crippen LogP contribution in [-0.4, -0.2) is 112 Å². The van der Waals surface area contributed by atoms with E-state index in [0.29, 0.717) is 0 Å². The average molecular weight is 634 g/mol. The standard InChI is InChI=1S/C23H39N9O8S2/c1-11(33)29-13-10-41-42-23(2,3)17(18(24)37)31-19(38)12(8-16(35)36)30-15(34)9-28-20(39)14(32(4)21(13)40)6-5-7-27-22(25)26/h12-14,17H,5-10H2,1-4H3,(H2,24,37)(H,28,39)(H,29,33)(H,30,34)(H,31,38)(H,35,36)(H4,25,26,27)/t12-,13+,14+,17-/m1/s1. The van der Waals surface area contributed by atoms with Crippen molar-refractivity contribution in [3.05, 3.63) is 0 Å². The van der Waals surface area contributed by atoms with E-state index >= 15 is 0 Å². The van der Waals surface area contributed by atoms with E-state index in [1.54, 1.807) is 13.8 Å². The van der Waals surface area contributed by atoms with Crippen LogP contribution in [-0.2, 0) is 33.6 Å². The minimum absolute atomic E-state index is 0.000296. The van der Waals surface area contributed by atoms with Crippen LogP contribution in [0.2, 0.25) is 0 Å². The number of guanidine groups is 1. The van der Waals surface area contributed by atoms with Crippen molar-refractivity contribution in [1.29, 1.82) is 0 Å². The molecular weight excluding hydrogens is 594 g/mol. The number of primary amides is 1. The first-order chi connectivity index (χ1) is 19.5. The fraction of sp³-hybridized carbons (Fsp3) is 0.652. The van der Waals surface area contributed by atoms with Crippen LogP contribution in [0.15, 0.2) is 4.99 Å². The molecule has 0 aliphatic carbocycles. The summed E-state index contributed by atoms with van der Waals surface area (Å²) in [6, 6.07) is -5.12. The van der Waals surface area contributed by atoms with Gasteiger partial charge in [-0.2, -0.15) is 0 Å². The zero-order valence-electron chi connectivity index (χ0n) is 23.8. The van der Waals surface area contributed by atoms with Crippen molar-refractivity contribution in [2.45, 2.75) is 68.9 Å². The first-order valence-electron chi connectivity index (χ1n) is 12.7. The molecular formula is C23H39N9O8S2. The summed E-state index contributed by atoms with van der Waals surface area (Å²) in [4.78, 5) is 92.9. The molecule has 19 heteroatoms. The number of hydrogen-bond acceptors (Lipinski definition) is 10. The zero-order chi connectivity index (χ0) is 32.2. The third-order valence-electron chi connectivity index (χ3n) is 5.95. The number of aliphatic carboxylic acids is 1. The molecule has 1 fully saturated rings. The number of rotatable bonds is 8. The van der Waals surface area contributed by atoms with E-state index in [1.807, 2.05) is 0 Å². The first kappa shape index (κ1) is 36.3. The Balaban J connectivity index is 3.46. The van der Waals surface area contributed by atoms with Crippen LogP contribution < -0.4 is 38.5 Å². The van der Waals surface area contributed by atoms with Gasteiger partial charge in [0.05, 0.1) is 13.0 Å². The molecule has 6 amide bonds. The molecule has 0 radical (unpaired) electrons. The summed E-state index contributed by atoms with van der Waals surface area (Å²) in [5.41, 5.74) is 16.2. The molecule has 1 aliphatic rings. The number of hydrogen-bond donors (Lipinski definition) is 8. The Morgan fingerprint density at radius 2 is 1.76 bits per heavy atom. The lowest BCUT2D eigenvalue weighted by Crippen LogP contribution is -2.59. The highest BCUT2D eigenvalue weighted by Crippen LogP contribution is 2.38. The fourth-order valence-electron chi connectivity index (χ4n) is 3.86. The molecule has 0 aromatic heterocycles. The molecule has 1 saturated heterocycles. The fourth-order valence-corrected chi connectivity index (χ4v) is 6.68. The van der Waals surface area contributed by atoms with Gasteiger partial charge >= 0.3 is 5.97 Å². The van der Waals surface area contributed by atoms with Gasteiger partial charge in [0.15, 0.2) is 5.96 Å². The largest absolute Gasteiger partial charge is 0.481 e. The molecule has 0 unspecified atom stereocenters. The van der Waals surface area contributed by atoms with Gasteiger partial charge in [-0.25, -0.2) is 0 Å². The number of likely N-dealkylation sites (N-methyl/N-ethyl adjacent to an activating group) is 1. The van der Waals surface area contributed by atoms with Gasteiger partial charge in [0, 0.05) is 31.0 Å². The summed E-state index contributed by atoms with van der Waals surface area (Å²) in [6.07, 6.45) is -0.459. The van der Waals surface area contributed by atoms with Crippen LogP contribution in [0.4, 0.5) is 0 Å². The van der Waals surface area contributed by atoms with Crippen molar-refractivity contribution in [3.8, 4) is 0 Å². The van der Waals surface area contributed by atoms with Gasteiger partial charge in [-0.05, 0) is 26.7 Å². The highest BCUT2D eigenvalue weighted by Gasteiger charge is 2.39. The third-order valence-corrected chi connectivity index (χ3v) is 9.25. The summed E-state index contributed by atoms with van der Waals surface area (Å²) < 4.78 is -1.10. The molecule has 42 heavy (non-hydrogen) atoms. The summed E-state index contributed by atoms with van der Waals surface area (Å²) in [5, 5.41) is 18.9. The Labute approximate surface area is 250 Å². The van der Waals surface area contributed by atoms with E-state index in [0.717, 1.165) is 26.5 Å². The van der Waals surface area contributed by atoms with Gasteiger partial charge in [0.25, 0.3) is 0 Å². The summed E-state index contributed by atoms with van der Waals surface area (Å²) in [6.45, 7) is 3.89. The lowest BCUT2D eigenvalue weighted by Gasteiger charge is -2.33. The first-order valence-corrected chi connectivity index (χ1v) is 15.1. The van der Waals surface area contributed by atoms with Crippen molar-refractivity contribution < 1.29 is 38.7 Å². The molecule has 17 nitrogen and oxygen atoms in total. The number of carboxylic acid groups (broad SMARTS) is 1. The predicted octanol–water partition coefficient (Wildman–Crippen LogP) is -3.41. The van der Waals surface area contributed by atoms with E-state index in [2.05, 4.69) is 26.3 Å². The predicted molar refractivity (Wildman–Crippen MR) is 157 cm³/mol. The molecule has 0 saturated carbocycles. The Hall–Kier alpha value is -3.74. The normalized spacial score (nSPS) is 24.3. The number of amides is 6. The maximum Gasteiger partial charge on any atom is 0.305 e. The van der Waals surface area contributed by atoms with E-state index in [9.17, 15) is 38.7 Å². The van der Waals surface area contributed by atoms with Gasteiger partial charge in [0.1, 0.15) is 24.2 Å². The smallest absolute Gasteiger partial charge is 0.305 e. The second kappa shape index (κ2) is 16.6. The third kappa shape index (κ3) is 12.0. The molecule has 11 N–H and O–H groups in total. The van der Waals surface area contributed by atoms with Crippen LogP contribution in [0.3, 0.4) is 0 Å². The number of aliphatic imine (C=N–C) groups is 1. The van der Waals surface area contributed by atoms with Crippen molar-refractivity contribution in [1.82, 2.24) is 26.2 Å². The van der Waals surface area contributed by atoms with Gasteiger partial charge in [-0.1, -0.05) is 21.6 Å². The molecule has 1 rings (SSSR count). The van der Waals surface area contributed by atoms with Crippen LogP contribution in [0, 0.1) is 0 Å². The number of nitrogens with zero attached hydrogens (tertiary/aromatic N) is 2. The Kier molecular flexibility index (Phi) is 14.4. The maximum atomic E-state index is 13.5. The molecule has 0 aromatic carbocycles. The Morgan fingerprint density at radius 1 is 1.12 bits per heavy atom. The van der Waals surface area contributed by atoms with Crippen LogP contribution in [0.5, 0.6) is 0 Å². The molecule has 0 aromatic rings. The molecule has 1 heterocycles. The number of nitrogens with two attached hydrogens (primary N) is 3. The molecule has 236 valence electrons. The number of carbonyl (C=O) groups excluding carboxylic acids is 6. The van der Waals surface area contributed by atoms with Crippen LogP contribution >= 0.6 is 21.6 Å². The number of carboxylic acids is 1. The zero-order valence-corrected chi connectivity index (χ0v) is 25.4. The van der Waals surface area contributed by atoms with Gasteiger partial charge in [0.2, 0.25) is 35.4 Å². The molecule has 0 spiro atoms. The van der Waals surface area contributed by atoms with Crippen molar-refractivity contribution in [3.63, 3.8) is 0 Å². The molecule has 1 aliphatic heterocycles. The highest BCUT2D eigenvalue weighted by atomic mass is 33.1. The maximum absolute atomic E-state index is 13.5. The minimum atomic E-state index is -1.60. The average Bonchev–Trinajstić information content (AvgIpc) is 2.87. The second-order valence-electron chi connectivity index (χ2n) is 9.92. The van der Waals surface area contributed by atoms with Crippen LogP contribution in [0.25, 0.3) is 0 Å². The Morgan fingerprint density at radius 3 is 2.31 bits per heavy atom. The number of carbonyl (C=O) groups is 7. The van der Waals surface area contributed by atoms with Crippen molar-refractivity contribution >= 4 is 69.0 Å². The van der Waals surface area contributed by atoms with E-state index in [-0.39, 0.29) is 31.1 Å². The van der Waals surface area contributed by atoms with E-state index < -0.39 is 83.3 Å². The van der Waals surface area contributed by atoms with E-state index in [1.165, 1.54) is 14.0 Å². The quantitative estimate of drug-likeness (QED) is 0.0562. The number of nitrogens with one attached hydrogen (secondary N) is 4. The van der Waals surface area contributed by atoms with Crippen molar-refractivity contribution in [2.75, 3.05) is 25.9 Å². The van der Waals surface area contributed by atoms with Gasteiger partial charge in [-0.3, -0.25) is 38.6 Å². The summed E-state index contributed by atoms with van der Waals surface area (Å²) in [7, 11) is 3.56. The van der Waals surface area contributed by atoms with E-state index in [4.69, 9.17) is 17.2 Å². The molecule has 0 bridgehead atoms. The lowest BCUT2D eigenvalue weighted by molar-refractivity contribution is -0.142.